The van der Waals surface area contributed by atoms with Crippen molar-refractivity contribution in [1.82, 2.24) is 0 Å². The van der Waals surface area contributed by atoms with Gasteiger partial charge in [0.1, 0.15) is 0 Å². The van der Waals surface area contributed by atoms with E-state index < -0.39 is 0 Å². The number of unbranched alkanes of at least 4 members (excludes halogenated alkanes) is 1. The predicted octanol–water partition coefficient (Wildman–Crippen LogP) is 1.97. The molecule has 0 unspecified atom stereocenters. The third-order valence-electron chi connectivity index (χ3n) is 1.59. The summed E-state index contributed by atoms with van der Waals surface area (Å²) in [5.74, 6) is 0.426. The second-order valence-corrected chi connectivity index (χ2v) is 3.22. The summed E-state index contributed by atoms with van der Waals surface area (Å²) in [6.45, 7) is 4.31. The Balaban J connectivity index is 3.14. The Morgan fingerprint density at radius 2 is 2.00 bits per heavy atom. The van der Waals surface area contributed by atoms with Crippen LogP contribution in [-0.4, -0.2) is 12.1 Å². The van der Waals surface area contributed by atoms with Crippen LogP contribution in [-0.2, 0) is 9.59 Å². The molecule has 0 heterocycles. The molecule has 2 nitrogen and oxygen atoms in total. The largest absolute Gasteiger partial charge is 0.295 e. The lowest BCUT2D eigenvalue weighted by molar-refractivity contribution is -0.129. The molecule has 0 saturated heterocycles. The van der Waals surface area contributed by atoms with Gasteiger partial charge in [-0.1, -0.05) is 26.7 Å². The first-order valence-corrected chi connectivity index (χ1v) is 4.15. The van der Waals surface area contributed by atoms with Gasteiger partial charge in [-0.15, -0.1) is 0 Å². The Morgan fingerprint density at radius 1 is 1.36 bits per heavy atom. The molecule has 0 bridgehead atoms. The SMILES string of the molecule is CC(C)CCCCC(=O)C=O. The van der Waals surface area contributed by atoms with Gasteiger partial charge in [-0.05, 0) is 12.3 Å². The molecule has 11 heavy (non-hydrogen) atoms. The molecule has 0 aliphatic heterocycles. The molecule has 0 radical (unpaired) electrons. The van der Waals surface area contributed by atoms with Crippen LogP contribution in [0.3, 0.4) is 0 Å². The molecule has 0 aromatic heterocycles. The van der Waals surface area contributed by atoms with Crippen LogP contribution in [0.25, 0.3) is 0 Å². The highest BCUT2D eigenvalue weighted by molar-refractivity contribution is 6.24. The highest BCUT2D eigenvalue weighted by Gasteiger charge is 1.99. The van der Waals surface area contributed by atoms with Crippen LogP contribution in [0, 0.1) is 5.92 Å². The minimum Gasteiger partial charge on any atom is -0.295 e. The number of aldehydes is 1. The van der Waals surface area contributed by atoms with Gasteiger partial charge in [0.2, 0.25) is 0 Å². The number of ketones is 1. The van der Waals surface area contributed by atoms with Crippen molar-refractivity contribution in [3.63, 3.8) is 0 Å². The molecular weight excluding hydrogens is 140 g/mol. The molecule has 0 aliphatic carbocycles. The third-order valence-corrected chi connectivity index (χ3v) is 1.59. The molecule has 0 fully saturated rings. The van der Waals surface area contributed by atoms with Gasteiger partial charge in [-0.2, -0.15) is 0 Å². The molecule has 0 aromatic rings. The second-order valence-electron chi connectivity index (χ2n) is 3.22. The molecule has 0 aliphatic rings. The summed E-state index contributed by atoms with van der Waals surface area (Å²) in [5, 5.41) is 0. The highest BCUT2D eigenvalue weighted by atomic mass is 16.2. The fourth-order valence-corrected chi connectivity index (χ4v) is 0.911. The molecule has 64 valence electrons. The smallest absolute Gasteiger partial charge is 0.195 e. The van der Waals surface area contributed by atoms with E-state index in [4.69, 9.17) is 0 Å². The Kier molecular flexibility index (Phi) is 5.71. The quantitative estimate of drug-likeness (QED) is 0.335. The van der Waals surface area contributed by atoms with Crippen molar-refractivity contribution >= 4 is 12.1 Å². The van der Waals surface area contributed by atoms with E-state index in [1.54, 1.807) is 0 Å². The van der Waals surface area contributed by atoms with Crippen LogP contribution in [0.2, 0.25) is 0 Å². The summed E-state index contributed by atoms with van der Waals surface area (Å²) < 4.78 is 0. The van der Waals surface area contributed by atoms with Crippen molar-refractivity contribution in [2.45, 2.75) is 39.5 Å². The summed E-state index contributed by atoms with van der Waals surface area (Å²) in [6, 6.07) is 0. The monoisotopic (exact) mass is 156 g/mol. The lowest BCUT2D eigenvalue weighted by Gasteiger charge is -2.01. The molecule has 0 rings (SSSR count). The van der Waals surface area contributed by atoms with Gasteiger partial charge in [-0.3, -0.25) is 9.59 Å². The summed E-state index contributed by atoms with van der Waals surface area (Å²) in [7, 11) is 0. The minimum atomic E-state index is -0.270. The van der Waals surface area contributed by atoms with E-state index in [9.17, 15) is 9.59 Å². The number of rotatable bonds is 6. The predicted molar refractivity (Wildman–Crippen MR) is 44.4 cm³/mol. The number of hydrogen-bond donors (Lipinski definition) is 0. The Labute approximate surface area is 68.0 Å². The van der Waals surface area contributed by atoms with Crippen LogP contribution in [0.5, 0.6) is 0 Å². The van der Waals surface area contributed by atoms with Crippen molar-refractivity contribution in [2.75, 3.05) is 0 Å². The fraction of sp³-hybridized carbons (Fsp3) is 0.778. The van der Waals surface area contributed by atoms with Crippen LogP contribution < -0.4 is 0 Å². The zero-order chi connectivity index (χ0) is 8.69. The standard InChI is InChI=1S/C9H16O2/c1-8(2)5-3-4-6-9(11)7-10/h7-8H,3-6H2,1-2H3. The van der Waals surface area contributed by atoms with Crippen molar-refractivity contribution in [3.05, 3.63) is 0 Å². The lowest BCUT2D eigenvalue weighted by atomic mass is 10.0. The Bertz CT molecular complexity index is 128. The molecular formula is C9H16O2. The molecule has 0 aromatic carbocycles. The van der Waals surface area contributed by atoms with Gasteiger partial charge in [0.15, 0.2) is 12.1 Å². The average Bonchev–Trinajstić information content (AvgIpc) is 1.97. The minimum absolute atomic E-state index is 0.270. The first kappa shape index (κ1) is 10.3. The van der Waals surface area contributed by atoms with Gasteiger partial charge >= 0.3 is 0 Å². The molecule has 0 amide bonds. The third kappa shape index (κ3) is 7.23. The van der Waals surface area contributed by atoms with E-state index in [1.807, 2.05) is 0 Å². The van der Waals surface area contributed by atoms with Gasteiger partial charge in [-0.25, -0.2) is 0 Å². The Morgan fingerprint density at radius 3 is 2.45 bits per heavy atom. The van der Waals surface area contributed by atoms with E-state index in [-0.39, 0.29) is 5.78 Å². The van der Waals surface area contributed by atoms with Crippen LogP contribution in [0.1, 0.15) is 39.5 Å². The first-order valence-electron chi connectivity index (χ1n) is 4.15. The van der Waals surface area contributed by atoms with Gasteiger partial charge in [0.25, 0.3) is 0 Å². The number of hydrogen-bond acceptors (Lipinski definition) is 2. The molecule has 0 spiro atoms. The van der Waals surface area contributed by atoms with Crippen molar-refractivity contribution in [1.29, 1.82) is 0 Å². The number of carbonyl (C=O) groups is 2. The maximum Gasteiger partial charge on any atom is 0.195 e. The summed E-state index contributed by atoms with van der Waals surface area (Å²) >= 11 is 0. The van der Waals surface area contributed by atoms with Gasteiger partial charge < -0.3 is 0 Å². The van der Waals surface area contributed by atoms with Crippen molar-refractivity contribution < 1.29 is 9.59 Å². The summed E-state index contributed by atoms with van der Waals surface area (Å²) in [4.78, 5) is 20.4. The second kappa shape index (κ2) is 6.08. The number of carbonyl (C=O) groups excluding carboxylic acids is 2. The first-order chi connectivity index (χ1) is 5.16. The molecule has 0 saturated carbocycles. The van der Waals surface area contributed by atoms with E-state index in [1.165, 1.54) is 0 Å². The molecule has 0 atom stereocenters. The molecule has 2 heteroatoms. The van der Waals surface area contributed by atoms with E-state index in [0.717, 1.165) is 19.3 Å². The zero-order valence-electron chi connectivity index (χ0n) is 7.30. The van der Waals surface area contributed by atoms with Gasteiger partial charge in [0.05, 0.1) is 0 Å². The van der Waals surface area contributed by atoms with Gasteiger partial charge in [0, 0.05) is 6.42 Å². The molecule has 0 N–H and O–H groups in total. The Hall–Kier alpha value is -0.660. The number of Topliss-reactive ketones (excluding diaryl/α,β-unsaturated/α-hetero) is 1. The van der Waals surface area contributed by atoms with E-state index in [0.29, 0.717) is 18.6 Å². The maximum absolute atomic E-state index is 10.5. The zero-order valence-corrected chi connectivity index (χ0v) is 7.30. The topological polar surface area (TPSA) is 34.1 Å². The van der Waals surface area contributed by atoms with Crippen LogP contribution >= 0.6 is 0 Å². The maximum atomic E-state index is 10.5. The summed E-state index contributed by atoms with van der Waals surface area (Å²) in [6.07, 6.45) is 3.89. The summed E-state index contributed by atoms with van der Waals surface area (Å²) in [5.41, 5.74) is 0. The van der Waals surface area contributed by atoms with Crippen molar-refractivity contribution in [2.24, 2.45) is 5.92 Å². The highest BCUT2D eigenvalue weighted by Crippen LogP contribution is 2.07. The normalized spacial score (nSPS) is 10.1. The average molecular weight is 156 g/mol. The van der Waals surface area contributed by atoms with E-state index >= 15 is 0 Å². The lowest BCUT2D eigenvalue weighted by Crippen LogP contribution is -1.98. The van der Waals surface area contributed by atoms with E-state index in [2.05, 4.69) is 13.8 Å². The fourth-order valence-electron chi connectivity index (χ4n) is 0.911. The van der Waals surface area contributed by atoms with Crippen LogP contribution in [0.15, 0.2) is 0 Å². The van der Waals surface area contributed by atoms with Crippen LogP contribution in [0.4, 0.5) is 0 Å². The van der Waals surface area contributed by atoms with Crippen molar-refractivity contribution in [3.8, 4) is 0 Å².